The van der Waals surface area contributed by atoms with Crippen LogP contribution in [0.4, 0.5) is 0 Å². The van der Waals surface area contributed by atoms with Gasteiger partial charge in [0.1, 0.15) is 5.01 Å². The van der Waals surface area contributed by atoms with E-state index in [1.807, 2.05) is 11.3 Å². The first-order chi connectivity index (χ1) is 9.38. The van der Waals surface area contributed by atoms with Gasteiger partial charge in [0.2, 0.25) is 0 Å². The molecule has 2 aliphatic rings. The number of hydrogen-bond acceptors (Lipinski definition) is 3. The number of hydrogen-bond donors (Lipinski definition) is 1. The lowest BCUT2D eigenvalue weighted by Crippen LogP contribution is -2.28. The fraction of sp³-hybridized carbons (Fsp3) is 0.812. The van der Waals surface area contributed by atoms with Crippen LogP contribution >= 0.6 is 11.3 Å². The maximum absolute atomic E-state index is 4.97. The average Bonchev–Trinajstić information content (AvgIpc) is 2.88. The van der Waals surface area contributed by atoms with E-state index >= 15 is 0 Å². The van der Waals surface area contributed by atoms with Gasteiger partial charge in [0, 0.05) is 4.88 Å². The van der Waals surface area contributed by atoms with Gasteiger partial charge in [-0.05, 0) is 44.6 Å². The molecule has 3 heteroatoms. The number of nitrogens with one attached hydrogen (secondary N) is 1. The van der Waals surface area contributed by atoms with Crippen molar-refractivity contribution in [2.45, 2.75) is 70.8 Å². The molecule has 0 radical (unpaired) electrons. The van der Waals surface area contributed by atoms with Crippen molar-refractivity contribution >= 4 is 11.3 Å². The van der Waals surface area contributed by atoms with E-state index in [1.165, 1.54) is 68.5 Å². The molecule has 1 saturated carbocycles. The van der Waals surface area contributed by atoms with Crippen molar-refractivity contribution in [3.05, 3.63) is 15.6 Å². The van der Waals surface area contributed by atoms with Crippen LogP contribution in [0.3, 0.4) is 0 Å². The highest BCUT2D eigenvalue weighted by molar-refractivity contribution is 7.11. The van der Waals surface area contributed by atoms with Crippen LogP contribution < -0.4 is 5.32 Å². The lowest BCUT2D eigenvalue weighted by atomic mass is 9.92. The Balaban J connectivity index is 1.78. The molecular formula is C16H26N2S. The van der Waals surface area contributed by atoms with Crippen molar-refractivity contribution in [3.63, 3.8) is 0 Å². The topological polar surface area (TPSA) is 24.9 Å². The molecule has 1 unspecified atom stereocenters. The molecule has 1 aromatic rings. The van der Waals surface area contributed by atoms with E-state index in [1.54, 1.807) is 4.88 Å². The summed E-state index contributed by atoms with van der Waals surface area (Å²) in [5, 5.41) is 5.12. The van der Waals surface area contributed by atoms with Gasteiger partial charge in [-0.1, -0.05) is 32.6 Å². The van der Waals surface area contributed by atoms with Crippen molar-refractivity contribution in [2.75, 3.05) is 6.54 Å². The molecule has 106 valence electrons. The van der Waals surface area contributed by atoms with Crippen LogP contribution in [0.25, 0.3) is 0 Å². The summed E-state index contributed by atoms with van der Waals surface area (Å²) in [7, 11) is 0. The van der Waals surface area contributed by atoms with Crippen molar-refractivity contribution in [1.82, 2.24) is 10.3 Å². The molecule has 1 heterocycles. The Labute approximate surface area is 121 Å². The molecule has 1 aromatic heterocycles. The first kappa shape index (κ1) is 13.6. The highest BCUT2D eigenvalue weighted by Crippen LogP contribution is 2.38. The van der Waals surface area contributed by atoms with Gasteiger partial charge in [0.25, 0.3) is 0 Å². The molecule has 1 atom stereocenters. The SMILES string of the molecule is CCNC(c1nc2c(s1)CCC2)C1CCCCCC1. The summed E-state index contributed by atoms with van der Waals surface area (Å²) in [6, 6.07) is 0.527. The largest absolute Gasteiger partial charge is 0.308 e. The smallest absolute Gasteiger partial charge is 0.110 e. The van der Waals surface area contributed by atoms with E-state index in [-0.39, 0.29) is 0 Å². The maximum Gasteiger partial charge on any atom is 0.110 e. The molecular weight excluding hydrogens is 252 g/mol. The molecule has 3 rings (SSSR count). The van der Waals surface area contributed by atoms with Crippen LogP contribution in [0, 0.1) is 5.92 Å². The summed E-state index contributed by atoms with van der Waals surface area (Å²) in [5.74, 6) is 0.814. The van der Waals surface area contributed by atoms with Crippen LogP contribution in [-0.4, -0.2) is 11.5 Å². The van der Waals surface area contributed by atoms with Gasteiger partial charge in [-0.25, -0.2) is 4.98 Å². The third kappa shape index (κ3) is 3.03. The molecule has 2 nitrogen and oxygen atoms in total. The van der Waals surface area contributed by atoms with E-state index < -0.39 is 0 Å². The van der Waals surface area contributed by atoms with E-state index in [2.05, 4.69) is 12.2 Å². The fourth-order valence-corrected chi connectivity index (χ4v) is 4.99. The Morgan fingerprint density at radius 1 is 1.16 bits per heavy atom. The molecule has 0 saturated heterocycles. The second kappa shape index (κ2) is 6.36. The van der Waals surface area contributed by atoms with Crippen LogP contribution in [0.2, 0.25) is 0 Å². The van der Waals surface area contributed by atoms with Crippen LogP contribution in [-0.2, 0) is 12.8 Å². The predicted molar refractivity (Wildman–Crippen MR) is 81.7 cm³/mol. The molecule has 0 spiro atoms. The van der Waals surface area contributed by atoms with Gasteiger partial charge in [0.15, 0.2) is 0 Å². The second-order valence-corrected chi connectivity index (χ2v) is 7.18. The van der Waals surface area contributed by atoms with Crippen molar-refractivity contribution < 1.29 is 0 Å². The van der Waals surface area contributed by atoms with Gasteiger partial charge in [-0.3, -0.25) is 0 Å². The van der Waals surface area contributed by atoms with Crippen LogP contribution in [0.5, 0.6) is 0 Å². The highest BCUT2D eigenvalue weighted by atomic mass is 32.1. The van der Waals surface area contributed by atoms with Gasteiger partial charge < -0.3 is 5.32 Å². The zero-order valence-corrected chi connectivity index (χ0v) is 12.9. The zero-order valence-electron chi connectivity index (χ0n) is 12.1. The maximum atomic E-state index is 4.97. The summed E-state index contributed by atoms with van der Waals surface area (Å²) in [6.07, 6.45) is 12.3. The predicted octanol–water partition coefficient (Wildman–Crippen LogP) is 4.25. The minimum Gasteiger partial charge on any atom is -0.308 e. The van der Waals surface area contributed by atoms with Crippen LogP contribution in [0.15, 0.2) is 0 Å². The molecule has 0 amide bonds. The van der Waals surface area contributed by atoms with E-state index in [0.717, 1.165) is 12.5 Å². The summed E-state index contributed by atoms with van der Waals surface area (Å²) in [6.45, 7) is 3.29. The molecule has 0 aliphatic heterocycles. The molecule has 1 N–H and O–H groups in total. The van der Waals surface area contributed by atoms with E-state index in [9.17, 15) is 0 Å². The third-order valence-electron chi connectivity index (χ3n) is 4.67. The monoisotopic (exact) mass is 278 g/mol. The van der Waals surface area contributed by atoms with Gasteiger partial charge in [-0.15, -0.1) is 11.3 Å². The van der Waals surface area contributed by atoms with Gasteiger partial charge >= 0.3 is 0 Å². The third-order valence-corrected chi connectivity index (χ3v) is 5.91. The Morgan fingerprint density at radius 2 is 1.95 bits per heavy atom. The number of rotatable bonds is 4. The lowest BCUT2D eigenvalue weighted by Gasteiger charge is -2.25. The fourth-order valence-electron chi connectivity index (χ4n) is 3.66. The van der Waals surface area contributed by atoms with E-state index in [4.69, 9.17) is 4.98 Å². The first-order valence-corrected chi connectivity index (χ1v) is 8.92. The lowest BCUT2D eigenvalue weighted by molar-refractivity contribution is 0.329. The number of aromatic nitrogens is 1. The number of fused-ring (bicyclic) bond motifs is 1. The zero-order chi connectivity index (χ0) is 13.1. The van der Waals surface area contributed by atoms with Crippen LogP contribution in [0.1, 0.15) is 73.5 Å². The quantitative estimate of drug-likeness (QED) is 0.833. The standard InChI is InChI=1S/C16H26N2S/c1-2-17-15(12-8-5-3-4-6-9-12)16-18-13-10-7-11-14(13)19-16/h12,15,17H,2-11H2,1H3. The molecule has 2 aliphatic carbocycles. The number of nitrogens with zero attached hydrogens (tertiary/aromatic N) is 1. The van der Waals surface area contributed by atoms with Crippen molar-refractivity contribution in [3.8, 4) is 0 Å². The Hall–Kier alpha value is -0.410. The minimum absolute atomic E-state index is 0.527. The molecule has 0 bridgehead atoms. The second-order valence-electron chi connectivity index (χ2n) is 6.06. The average molecular weight is 278 g/mol. The summed E-state index contributed by atoms with van der Waals surface area (Å²) >= 11 is 2.00. The molecule has 19 heavy (non-hydrogen) atoms. The number of aryl methyl sites for hydroxylation is 2. The minimum atomic E-state index is 0.527. The van der Waals surface area contributed by atoms with Crippen molar-refractivity contribution in [2.24, 2.45) is 5.92 Å². The highest BCUT2D eigenvalue weighted by Gasteiger charge is 2.28. The summed E-state index contributed by atoms with van der Waals surface area (Å²) in [5.41, 5.74) is 1.41. The first-order valence-electron chi connectivity index (χ1n) is 8.10. The Bertz CT molecular complexity index is 383. The summed E-state index contributed by atoms with van der Waals surface area (Å²) in [4.78, 5) is 6.55. The normalized spacial score (nSPS) is 22.2. The number of thiazole rings is 1. The van der Waals surface area contributed by atoms with Crippen molar-refractivity contribution in [1.29, 1.82) is 0 Å². The van der Waals surface area contributed by atoms with Gasteiger partial charge in [-0.2, -0.15) is 0 Å². The Kier molecular flexibility index (Phi) is 4.54. The molecule has 0 aromatic carbocycles. The molecule has 1 fully saturated rings. The summed E-state index contributed by atoms with van der Waals surface area (Å²) < 4.78 is 0. The van der Waals surface area contributed by atoms with E-state index in [0.29, 0.717) is 6.04 Å². The van der Waals surface area contributed by atoms with Gasteiger partial charge in [0.05, 0.1) is 11.7 Å². The Morgan fingerprint density at radius 3 is 2.63 bits per heavy atom.